The van der Waals surface area contributed by atoms with E-state index in [-0.39, 0.29) is 0 Å². The van der Waals surface area contributed by atoms with E-state index in [4.69, 9.17) is 16.7 Å². The Bertz CT molecular complexity index is 465. The molecule has 0 aromatic heterocycles. The summed E-state index contributed by atoms with van der Waals surface area (Å²) in [5.74, 6) is 0. The van der Waals surface area contributed by atoms with E-state index in [1.807, 2.05) is 0 Å². The summed E-state index contributed by atoms with van der Waals surface area (Å²) in [6, 6.07) is 6.91. The highest BCUT2D eigenvalue weighted by Crippen LogP contribution is 2.18. The lowest BCUT2D eigenvalue weighted by Gasteiger charge is -2.00. The summed E-state index contributed by atoms with van der Waals surface area (Å²) in [7, 11) is -3.59. The second kappa shape index (κ2) is 4.13. The lowest BCUT2D eigenvalue weighted by atomic mass is 10.1. The Morgan fingerprint density at radius 1 is 1.50 bits per heavy atom. The molecule has 0 amide bonds. The zero-order valence-corrected chi connectivity index (χ0v) is 9.14. The molecule has 3 nitrogen and oxygen atoms in total. The molecule has 0 unspecified atom stereocenters. The number of rotatable bonds is 2. The first-order valence-corrected chi connectivity index (χ1v) is 5.84. The number of hydrogen-bond donors (Lipinski definition) is 1. The summed E-state index contributed by atoms with van der Waals surface area (Å²) >= 11 is 5.75. The Kier molecular flexibility index (Phi) is 3.31. The Hall–Kier alpha value is -0.840. The summed E-state index contributed by atoms with van der Waals surface area (Å²) in [6.45, 7) is 1.66. The quantitative estimate of drug-likeness (QED) is 0.846. The van der Waals surface area contributed by atoms with Crippen LogP contribution in [0.15, 0.2) is 29.7 Å². The number of primary sulfonamides is 1. The molecular weight excluding hydrogens is 222 g/mol. The standard InChI is InChI=1S/C9H10ClNO2S/c1-7(6-14(11,12)13)8-3-2-4-9(10)5-8/h2-6H,1H3,(H2,11,12,13). The first-order valence-electron chi connectivity index (χ1n) is 3.85. The number of hydrogen-bond acceptors (Lipinski definition) is 2. The minimum Gasteiger partial charge on any atom is -0.225 e. The molecule has 0 saturated heterocycles. The fourth-order valence-electron chi connectivity index (χ4n) is 1.05. The molecule has 1 aromatic rings. The molecule has 0 heterocycles. The van der Waals surface area contributed by atoms with Gasteiger partial charge in [0.2, 0.25) is 10.0 Å². The molecule has 14 heavy (non-hydrogen) atoms. The lowest BCUT2D eigenvalue weighted by molar-refractivity contribution is 0.606. The van der Waals surface area contributed by atoms with E-state index in [0.29, 0.717) is 10.6 Å². The van der Waals surface area contributed by atoms with Crippen LogP contribution in [0, 0.1) is 0 Å². The predicted molar refractivity (Wildman–Crippen MR) is 58.2 cm³/mol. The van der Waals surface area contributed by atoms with Crippen LogP contribution < -0.4 is 5.14 Å². The smallest absolute Gasteiger partial charge is 0.225 e. The van der Waals surface area contributed by atoms with Gasteiger partial charge in [-0.2, -0.15) is 0 Å². The molecule has 76 valence electrons. The third-order valence-electron chi connectivity index (χ3n) is 1.62. The van der Waals surface area contributed by atoms with Crippen molar-refractivity contribution in [2.45, 2.75) is 6.92 Å². The van der Waals surface area contributed by atoms with E-state index in [2.05, 4.69) is 0 Å². The van der Waals surface area contributed by atoms with Gasteiger partial charge in [-0.25, -0.2) is 13.6 Å². The van der Waals surface area contributed by atoms with Gasteiger partial charge in [-0.1, -0.05) is 23.7 Å². The van der Waals surface area contributed by atoms with Crippen molar-refractivity contribution in [3.05, 3.63) is 40.3 Å². The summed E-state index contributed by atoms with van der Waals surface area (Å²) < 4.78 is 21.5. The number of allylic oxidation sites excluding steroid dienone is 1. The van der Waals surface area contributed by atoms with E-state index >= 15 is 0 Å². The highest BCUT2D eigenvalue weighted by molar-refractivity contribution is 7.92. The van der Waals surface area contributed by atoms with Gasteiger partial charge in [0.15, 0.2) is 0 Å². The van der Waals surface area contributed by atoms with Crippen LogP contribution >= 0.6 is 11.6 Å². The first-order chi connectivity index (χ1) is 6.38. The minimum atomic E-state index is -3.59. The third kappa shape index (κ3) is 3.49. The number of halogens is 1. The van der Waals surface area contributed by atoms with Crippen LogP contribution in [0.3, 0.4) is 0 Å². The van der Waals surface area contributed by atoms with Crippen molar-refractivity contribution in [1.29, 1.82) is 0 Å². The molecule has 0 bridgehead atoms. The zero-order valence-electron chi connectivity index (χ0n) is 7.57. The van der Waals surface area contributed by atoms with Gasteiger partial charge in [0.25, 0.3) is 0 Å². The van der Waals surface area contributed by atoms with E-state index < -0.39 is 10.0 Å². The van der Waals surface area contributed by atoms with Gasteiger partial charge in [0.1, 0.15) is 0 Å². The summed E-state index contributed by atoms with van der Waals surface area (Å²) in [5.41, 5.74) is 1.31. The fourth-order valence-corrected chi connectivity index (χ4v) is 1.87. The van der Waals surface area contributed by atoms with Crippen LogP contribution in [-0.4, -0.2) is 8.42 Å². The molecule has 0 fully saturated rings. The summed E-state index contributed by atoms with van der Waals surface area (Å²) in [4.78, 5) is 0. The SMILES string of the molecule is CC(=CS(N)(=O)=O)c1cccc(Cl)c1. The number of benzene rings is 1. The van der Waals surface area contributed by atoms with Crippen LogP contribution in [0.1, 0.15) is 12.5 Å². The van der Waals surface area contributed by atoms with Crippen molar-refractivity contribution < 1.29 is 8.42 Å². The Labute approximate surface area is 88.2 Å². The summed E-state index contributed by atoms with van der Waals surface area (Å²) in [5, 5.41) is 6.45. The van der Waals surface area contributed by atoms with Crippen LogP contribution in [0.5, 0.6) is 0 Å². The van der Waals surface area contributed by atoms with Gasteiger partial charge in [0.05, 0.1) is 0 Å². The fraction of sp³-hybridized carbons (Fsp3) is 0.111. The summed E-state index contributed by atoms with van der Waals surface area (Å²) in [6.07, 6.45) is 0. The molecule has 1 aromatic carbocycles. The largest absolute Gasteiger partial charge is 0.231 e. The topological polar surface area (TPSA) is 60.2 Å². The molecule has 0 atom stereocenters. The second-order valence-electron chi connectivity index (χ2n) is 2.90. The second-order valence-corrected chi connectivity index (χ2v) is 4.75. The third-order valence-corrected chi connectivity index (χ3v) is 2.54. The molecular formula is C9H10ClNO2S. The average Bonchev–Trinajstić information content (AvgIpc) is 2.01. The first kappa shape index (κ1) is 11.2. The van der Waals surface area contributed by atoms with Gasteiger partial charge in [-0.15, -0.1) is 0 Å². The number of nitrogens with two attached hydrogens (primary N) is 1. The van der Waals surface area contributed by atoms with Gasteiger partial charge in [0, 0.05) is 10.4 Å². The van der Waals surface area contributed by atoms with Crippen LogP contribution in [0.25, 0.3) is 5.57 Å². The van der Waals surface area contributed by atoms with Crippen molar-refractivity contribution in [3.63, 3.8) is 0 Å². The molecule has 2 N–H and O–H groups in total. The van der Waals surface area contributed by atoms with Crippen molar-refractivity contribution in [3.8, 4) is 0 Å². The minimum absolute atomic E-state index is 0.560. The maximum Gasteiger partial charge on any atom is 0.231 e. The van der Waals surface area contributed by atoms with E-state index in [9.17, 15) is 8.42 Å². The van der Waals surface area contributed by atoms with Crippen LogP contribution in [0.2, 0.25) is 5.02 Å². The molecule has 0 spiro atoms. The van der Waals surface area contributed by atoms with Gasteiger partial charge >= 0.3 is 0 Å². The van der Waals surface area contributed by atoms with Crippen molar-refractivity contribution >= 4 is 27.2 Å². The van der Waals surface area contributed by atoms with Gasteiger partial charge in [-0.05, 0) is 30.2 Å². The van der Waals surface area contributed by atoms with Crippen molar-refractivity contribution in [1.82, 2.24) is 0 Å². The Morgan fingerprint density at radius 2 is 2.14 bits per heavy atom. The predicted octanol–water partition coefficient (Wildman–Crippen LogP) is 1.99. The lowest BCUT2D eigenvalue weighted by Crippen LogP contribution is -2.07. The molecule has 0 aliphatic carbocycles. The maximum atomic E-state index is 10.8. The van der Waals surface area contributed by atoms with E-state index in [0.717, 1.165) is 11.0 Å². The van der Waals surface area contributed by atoms with Gasteiger partial charge < -0.3 is 0 Å². The molecule has 0 radical (unpaired) electrons. The molecule has 0 aliphatic heterocycles. The highest BCUT2D eigenvalue weighted by atomic mass is 35.5. The molecule has 5 heteroatoms. The monoisotopic (exact) mass is 231 g/mol. The van der Waals surface area contributed by atoms with Crippen LogP contribution in [0.4, 0.5) is 0 Å². The van der Waals surface area contributed by atoms with E-state index in [1.165, 1.54) is 0 Å². The average molecular weight is 232 g/mol. The Morgan fingerprint density at radius 3 is 2.64 bits per heavy atom. The van der Waals surface area contributed by atoms with Gasteiger partial charge in [-0.3, -0.25) is 0 Å². The normalized spacial score (nSPS) is 12.9. The van der Waals surface area contributed by atoms with E-state index in [1.54, 1.807) is 31.2 Å². The molecule has 0 saturated carbocycles. The Balaban J connectivity index is 3.13. The highest BCUT2D eigenvalue weighted by Gasteiger charge is 2.01. The van der Waals surface area contributed by atoms with Crippen LogP contribution in [-0.2, 0) is 10.0 Å². The van der Waals surface area contributed by atoms with Crippen molar-refractivity contribution in [2.24, 2.45) is 5.14 Å². The maximum absolute atomic E-state index is 10.8. The molecule has 0 aliphatic rings. The zero-order chi connectivity index (χ0) is 10.8. The molecule has 1 rings (SSSR count). The number of sulfonamides is 1. The van der Waals surface area contributed by atoms with Crippen molar-refractivity contribution in [2.75, 3.05) is 0 Å².